The second-order valence-electron chi connectivity index (χ2n) is 22.4. The molecule has 8 aliphatic carbocycles. The third-order valence-electron chi connectivity index (χ3n) is 17.0. The molecule has 4 nitrogen and oxygen atoms in total. The summed E-state index contributed by atoms with van der Waals surface area (Å²) in [6.07, 6.45) is 44.2. The molecule has 8 fully saturated rings. The molecular formula is C56H108O4Zr2. The van der Waals surface area contributed by atoms with E-state index in [1.807, 2.05) is 0 Å². The fourth-order valence-corrected chi connectivity index (χ4v) is 13.7. The van der Waals surface area contributed by atoms with Crippen molar-refractivity contribution in [3.8, 4) is 0 Å². The largest absolute Gasteiger partial charge is 2.00 e. The summed E-state index contributed by atoms with van der Waals surface area (Å²) in [5, 5.41) is 16.5. The van der Waals surface area contributed by atoms with E-state index in [9.17, 15) is 9.59 Å². The van der Waals surface area contributed by atoms with Gasteiger partial charge in [0.25, 0.3) is 0 Å². The third-order valence-corrected chi connectivity index (χ3v) is 17.0. The van der Waals surface area contributed by atoms with Crippen molar-refractivity contribution in [2.75, 3.05) is 0 Å². The van der Waals surface area contributed by atoms with Crippen LogP contribution in [0.15, 0.2) is 0 Å². The van der Waals surface area contributed by atoms with Crippen molar-refractivity contribution in [2.45, 2.75) is 236 Å². The van der Waals surface area contributed by atoms with Gasteiger partial charge >= 0.3 is 64.3 Å². The SMILES string of the molecule is C.C.C1CCC2C(C1)CCC2CCC1CCC2CCCCC21.C1CCC2C(C1)CCC2CCC1CCC2CCCCC21.CC(C)(C)C(=O)O.CC(C)(C)C(=O)O.[CH3-].[CH3-].[CH3-].[CH3-].[Zr+2].[Zr+2]. The molecule has 0 saturated heterocycles. The average molecular weight is 1030 g/mol. The Morgan fingerprint density at radius 2 is 0.516 bits per heavy atom. The van der Waals surface area contributed by atoms with Crippen molar-refractivity contribution < 1.29 is 72.2 Å². The van der Waals surface area contributed by atoms with E-state index >= 15 is 0 Å². The Balaban J connectivity index is -0.000000381. The van der Waals surface area contributed by atoms with Gasteiger partial charge in [-0.25, -0.2) is 0 Å². The van der Waals surface area contributed by atoms with Crippen LogP contribution in [0.5, 0.6) is 0 Å². The first-order valence-corrected chi connectivity index (χ1v) is 24.2. The Hall–Kier alpha value is 0.706. The van der Waals surface area contributed by atoms with Crippen molar-refractivity contribution in [3.63, 3.8) is 0 Å². The summed E-state index contributed by atoms with van der Waals surface area (Å²) in [4.78, 5) is 20.0. The summed E-state index contributed by atoms with van der Waals surface area (Å²) in [6, 6.07) is 0. The van der Waals surface area contributed by atoms with E-state index in [0.717, 1.165) is 71.0 Å². The van der Waals surface area contributed by atoms with Gasteiger partial charge in [-0.2, -0.15) is 0 Å². The fourth-order valence-electron chi connectivity index (χ4n) is 13.7. The number of aliphatic carboxylic acids is 2. The second-order valence-corrected chi connectivity index (χ2v) is 22.4. The van der Waals surface area contributed by atoms with Crippen molar-refractivity contribution >= 4 is 11.9 Å². The topological polar surface area (TPSA) is 74.6 Å². The predicted molar refractivity (Wildman–Crippen MR) is 264 cm³/mol. The van der Waals surface area contributed by atoms with Crippen LogP contribution in [0.1, 0.15) is 236 Å². The van der Waals surface area contributed by atoms with Crippen LogP contribution in [0.4, 0.5) is 0 Å². The van der Waals surface area contributed by atoms with Gasteiger partial charge in [0, 0.05) is 0 Å². The van der Waals surface area contributed by atoms with Gasteiger partial charge in [0.2, 0.25) is 0 Å². The van der Waals surface area contributed by atoms with E-state index in [-0.39, 0.29) is 97.0 Å². The minimum atomic E-state index is -0.757. The molecule has 2 N–H and O–H groups in total. The molecule has 0 aliphatic heterocycles. The first-order valence-electron chi connectivity index (χ1n) is 24.2. The summed E-state index contributed by atoms with van der Waals surface area (Å²) in [6.45, 7) is 9.97. The van der Waals surface area contributed by atoms with Crippen molar-refractivity contribution in [2.24, 2.45) is 81.8 Å². The van der Waals surface area contributed by atoms with Crippen LogP contribution in [-0.2, 0) is 62.0 Å². The van der Waals surface area contributed by atoms with E-state index in [4.69, 9.17) is 10.2 Å². The van der Waals surface area contributed by atoms with Crippen LogP contribution in [-0.4, -0.2) is 22.2 Å². The van der Waals surface area contributed by atoms with Gasteiger partial charge in [0.1, 0.15) is 0 Å². The van der Waals surface area contributed by atoms with E-state index in [2.05, 4.69) is 0 Å². The second kappa shape index (κ2) is 33.2. The molecule has 0 aromatic carbocycles. The summed E-state index contributed by atoms with van der Waals surface area (Å²) >= 11 is 0. The van der Waals surface area contributed by atoms with Crippen LogP contribution in [0.2, 0.25) is 0 Å². The number of hydrogen-bond acceptors (Lipinski definition) is 2. The zero-order chi connectivity index (χ0) is 38.9. The normalized spacial score (nSPS) is 33.5. The van der Waals surface area contributed by atoms with Crippen molar-refractivity contribution in [1.29, 1.82) is 0 Å². The van der Waals surface area contributed by atoms with Crippen LogP contribution in [0.3, 0.4) is 0 Å². The Labute approximate surface area is 428 Å². The van der Waals surface area contributed by atoms with Crippen molar-refractivity contribution in [3.05, 3.63) is 29.7 Å². The van der Waals surface area contributed by atoms with Gasteiger partial charge in [-0.1, -0.05) is 91.9 Å². The standard InChI is InChI=1S/2C20H34.2C5H10O2.2CH4.4CH3.2Zr/c2*1-3-7-19-15(5-1)9-11-17(19)13-14-18-12-10-16-6-2-4-8-20(16)18;2*1-5(2,3)4(6)7;;;;;;;;/h2*15-20H,1-14H2;2*1-3H3,(H,6,7);2*1H4;4*1H3;;/q;;;;;;4*-1;2*+2. The van der Waals surface area contributed by atoms with Gasteiger partial charge in [-0.3, -0.25) is 9.59 Å². The maximum absolute atomic E-state index is 10.0. The van der Waals surface area contributed by atoms with Crippen LogP contribution in [0, 0.1) is 112 Å². The minimum Gasteiger partial charge on any atom is -0.481 e. The van der Waals surface area contributed by atoms with Crippen LogP contribution < -0.4 is 0 Å². The number of carboxylic acids is 2. The summed E-state index contributed by atoms with van der Waals surface area (Å²) < 4.78 is 0. The van der Waals surface area contributed by atoms with Gasteiger partial charge in [-0.15, -0.1) is 0 Å². The first kappa shape index (κ1) is 69.3. The molecule has 0 aromatic rings. The molecular weight excluding hydrogens is 919 g/mol. The molecule has 62 heavy (non-hydrogen) atoms. The molecule has 364 valence electrons. The molecule has 0 aromatic heterocycles. The predicted octanol–water partition coefficient (Wildman–Crippen LogP) is 17.7. The Morgan fingerprint density at radius 3 is 0.677 bits per heavy atom. The van der Waals surface area contributed by atoms with Crippen LogP contribution >= 0.6 is 0 Å². The molecule has 8 rings (SSSR count). The average Bonchev–Trinajstić information content (AvgIpc) is 3.95. The zero-order valence-electron chi connectivity index (χ0n) is 41.4. The number of hydrogen-bond donors (Lipinski definition) is 2. The smallest absolute Gasteiger partial charge is 0.481 e. The molecule has 12 atom stereocenters. The Bertz CT molecular complexity index is 992. The monoisotopic (exact) mass is 1020 g/mol. The Morgan fingerprint density at radius 1 is 0.355 bits per heavy atom. The van der Waals surface area contributed by atoms with E-state index in [0.29, 0.717) is 0 Å². The zero-order valence-corrected chi connectivity index (χ0v) is 46.4. The number of fused-ring (bicyclic) bond motifs is 4. The van der Waals surface area contributed by atoms with E-state index in [1.54, 1.807) is 221 Å². The van der Waals surface area contributed by atoms with Gasteiger partial charge in [-0.05, 0) is 215 Å². The van der Waals surface area contributed by atoms with Gasteiger partial charge in [0.05, 0.1) is 10.8 Å². The number of rotatable bonds is 6. The molecule has 0 radical (unpaired) electrons. The number of carboxylic acid groups (broad SMARTS) is 2. The molecule has 0 bridgehead atoms. The molecule has 8 saturated carbocycles. The molecule has 12 unspecified atom stereocenters. The van der Waals surface area contributed by atoms with Crippen LogP contribution in [0.25, 0.3) is 0 Å². The molecule has 6 heteroatoms. The maximum Gasteiger partial charge on any atom is 2.00 e. The molecule has 8 aliphatic rings. The summed E-state index contributed by atoms with van der Waals surface area (Å²) in [5.74, 6) is 12.3. The molecule has 0 spiro atoms. The maximum atomic E-state index is 10.0. The first-order chi connectivity index (χ1) is 25.7. The molecule has 0 heterocycles. The van der Waals surface area contributed by atoms with E-state index in [1.165, 1.54) is 0 Å². The molecule has 0 amide bonds. The van der Waals surface area contributed by atoms with Crippen molar-refractivity contribution in [1.82, 2.24) is 0 Å². The third kappa shape index (κ3) is 20.5. The minimum absolute atomic E-state index is 0. The Kier molecular flexibility index (Phi) is 37.1. The van der Waals surface area contributed by atoms with Gasteiger partial charge in [0.15, 0.2) is 0 Å². The number of carbonyl (C=O) groups is 2. The van der Waals surface area contributed by atoms with E-state index < -0.39 is 22.8 Å². The quantitative estimate of drug-likeness (QED) is 0.260. The summed E-state index contributed by atoms with van der Waals surface area (Å²) in [5.41, 5.74) is -1.17. The summed E-state index contributed by atoms with van der Waals surface area (Å²) in [7, 11) is 0. The fraction of sp³-hybridized carbons (Fsp3) is 0.893. The van der Waals surface area contributed by atoms with Gasteiger partial charge < -0.3 is 39.9 Å².